The molecule has 0 saturated carbocycles. The number of nitrogens with one attached hydrogen (secondary N) is 1. The average Bonchev–Trinajstić information content (AvgIpc) is 2.81. The number of imidazole rings is 1. The van der Waals surface area contributed by atoms with Crippen LogP contribution in [-0.2, 0) is 6.54 Å². The highest BCUT2D eigenvalue weighted by molar-refractivity contribution is 5.66. The summed E-state index contributed by atoms with van der Waals surface area (Å²) in [5.41, 5.74) is 5.76. The minimum absolute atomic E-state index is 0.00474. The van der Waals surface area contributed by atoms with Crippen LogP contribution in [0.3, 0.4) is 0 Å². The third kappa shape index (κ3) is 2.52. The van der Waals surface area contributed by atoms with Gasteiger partial charge in [0.15, 0.2) is 11.6 Å². The van der Waals surface area contributed by atoms with Crippen molar-refractivity contribution in [3.8, 4) is 0 Å². The molecule has 0 spiro atoms. The molecule has 0 atom stereocenters. The Labute approximate surface area is 97.1 Å². The van der Waals surface area contributed by atoms with E-state index in [2.05, 4.69) is 10.3 Å². The van der Waals surface area contributed by atoms with Crippen molar-refractivity contribution in [1.29, 1.82) is 0 Å². The van der Waals surface area contributed by atoms with Crippen molar-refractivity contribution in [2.75, 3.05) is 17.6 Å². The number of hydrogen-bond donors (Lipinski definition) is 2. The summed E-state index contributed by atoms with van der Waals surface area (Å²) in [7, 11) is 0. The van der Waals surface area contributed by atoms with Crippen molar-refractivity contribution in [2.45, 2.75) is 6.54 Å². The first-order valence-corrected chi connectivity index (χ1v) is 5.11. The molecule has 4 nitrogen and oxygen atoms in total. The Kier molecular flexibility index (Phi) is 3.22. The molecular weight excluding hydrogens is 226 g/mol. The first-order chi connectivity index (χ1) is 8.18. The van der Waals surface area contributed by atoms with E-state index in [1.807, 2.05) is 4.57 Å². The molecule has 0 aliphatic rings. The van der Waals surface area contributed by atoms with Gasteiger partial charge in [0.2, 0.25) is 0 Å². The zero-order valence-corrected chi connectivity index (χ0v) is 9.03. The lowest BCUT2D eigenvalue weighted by molar-refractivity contribution is 0.511. The van der Waals surface area contributed by atoms with E-state index in [0.29, 0.717) is 13.1 Å². The maximum absolute atomic E-state index is 13.4. The molecule has 1 heterocycles. The number of nitrogens with zero attached hydrogens (tertiary/aromatic N) is 2. The fraction of sp³-hybridized carbons (Fsp3) is 0.182. The fourth-order valence-corrected chi connectivity index (χ4v) is 1.47. The lowest BCUT2D eigenvalue weighted by Crippen LogP contribution is -2.12. The van der Waals surface area contributed by atoms with E-state index in [1.165, 1.54) is 6.07 Å². The SMILES string of the molecule is Nc1ccc(F)c(F)c1NCCn1ccnc1. The van der Waals surface area contributed by atoms with Gasteiger partial charge in [0.1, 0.15) is 0 Å². The van der Waals surface area contributed by atoms with E-state index in [0.717, 1.165) is 6.07 Å². The predicted molar refractivity (Wildman–Crippen MR) is 61.5 cm³/mol. The van der Waals surface area contributed by atoms with Crippen molar-refractivity contribution in [3.63, 3.8) is 0 Å². The molecule has 1 aromatic carbocycles. The van der Waals surface area contributed by atoms with Crippen LogP contribution in [0.2, 0.25) is 0 Å². The smallest absolute Gasteiger partial charge is 0.183 e. The van der Waals surface area contributed by atoms with Gasteiger partial charge in [-0.3, -0.25) is 0 Å². The number of anilines is 2. The largest absolute Gasteiger partial charge is 0.397 e. The van der Waals surface area contributed by atoms with Gasteiger partial charge in [-0.15, -0.1) is 0 Å². The lowest BCUT2D eigenvalue weighted by atomic mass is 10.2. The maximum Gasteiger partial charge on any atom is 0.183 e. The van der Waals surface area contributed by atoms with Crippen LogP contribution in [0.4, 0.5) is 20.2 Å². The summed E-state index contributed by atoms with van der Waals surface area (Å²) in [6.45, 7) is 1.02. The van der Waals surface area contributed by atoms with E-state index in [-0.39, 0.29) is 11.4 Å². The zero-order chi connectivity index (χ0) is 12.3. The Hall–Kier alpha value is -2.11. The number of hydrogen-bond acceptors (Lipinski definition) is 3. The van der Waals surface area contributed by atoms with E-state index < -0.39 is 11.6 Å². The van der Waals surface area contributed by atoms with Gasteiger partial charge < -0.3 is 15.6 Å². The maximum atomic E-state index is 13.4. The van der Waals surface area contributed by atoms with Crippen molar-refractivity contribution in [2.24, 2.45) is 0 Å². The van der Waals surface area contributed by atoms with Crippen molar-refractivity contribution in [1.82, 2.24) is 9.55 Å². The zero-order valence-electron chi connectivity index (χ0n) is 9.03. The van der Waals surface area contributed by atoms with Crippen molar-refractivity contribution >= 4 is 11.4 Å². The van der Waals surface area contributed by atoms with Gasteiger partial charge in [0, 0.05) is 25.5 Å². The van der Waals surface area contributed by atoms with Gasteiger partial charge in [-0.05, 0) is 12.1 Å². The second-order valence-electron chi connectivity index (χ2n) is 3.55. The first kappa shape index (κ1) is 11.4. The van der Waals surface area contributed by atoms with Crippen molar-refractivity contribution < 1.29 is 8.78 Å². The molecule has 3 N–H and O–H groups in total. The van der Waals surface area contributed by atoms with Crippen molar-refractivity contribution in [3.05, 3.63) is 42.5 Å². The molecule has 0 aliphatic carbocycles. The molecule has 6 heteroatoms. The number of benzene rings is 1. The average molecular weight is 238 g/mol. The Bertz CT molecular complexity index is 496. The van der Waals surface area contributed by atoms with Crippen LogP contribution >= 0.6 is 0 Å². The second kappa shape index (κ2) is 4.82. The Morgan fingerprint density at radius 1 is 1.35 bits per heavy atom. The van der Waals surface area contributed by atoms with E-state index in [1.54, 1.807) is 18.7 Å². The Balaban J connectivity index is 2.01. The molecule has 0 fully saturated rings. The van der Waals surface area contributed by atoms with Gasteiger partial charge in [0.25, 0.3) is 0 Å². The van der Waals surface area contributed by atoms with Crippen LogP contribution in [0.5, 0.6) is 0 Å². The molecule has 0 unspecified atom stereocenters. The second-order valence-corrected chi connectivity index (χ2v) is 3.55. The molecule has 2 rings (SSSR count). The summed E-state index contributed by atoms with van der Waals surface area (Å²) in [6.07, 6.45) is 5.08. The Morgan fingerprint density at radius 3 is 2.88 bits per heavy atom. The number of halogens is 2. The summed E-state index contributed by atoms with van der Waals surface area (Å²) in [6, 6.07) is 2.34. The molecular formula is C11H12F2N4. The van der Waals surface area contributed by atoms with Crippen LogP contribution in [0, 0.1) is 11.6 Å². The standard InChI is InChI=1S/C11H12F2N4/c12-8-1-2-9(14)11(10(8)13)16-4-6-17-5-3-15-7-17/h1-3,5,7,16H,4,6,14H2. The molecule has 0 bridgehead atoms. The minimum atomic E-state index is -0.948. The Morgan fingerprint density at radius 2 is 2.18 bits per heavy atom. The molecule has 1 aromatic heterocycles. The summed E-state index contributed by atoms with van der Waals surface area (Å²) in [5, 5.41) is 2.77. The van der Waals surface area contributed by atoms with Crippen LogP contribution in [0.1, 0.15) is 0 Å². The number of nitrogen functional groups attached to an aromatic ring is 1. The normalized spacial score (nSPS) is 10.5. The van der Waals surface area contributed by atoms with Gasteiger partial charge in [-0.25, -0.2) is 13.8 Å². The van der Waals surface area contributed by atoms with Crippen LogP contribution in [0.15, 0.2) is 30.9 Å². The van der Waals surface area contributed by atoms with E-state index in [4.69, 9.17) is 5.73 Å². The third-order valence-corrected chi connectivity index (χ3v) is 2.36. The minimum Gasteiger partial charge on any atom is -0.397 e. The fourth-order valence-electron chi connectivity index (χ4n) is 1.47. The van der Waals surface area contributed by atoms with Crippen LogP contribution in [-0.4, -0.2) is 16.1 Å². The number of aromatic nitrogens is 2. The molecule has 2 aromatic rings. The van der Waals surface area contributed by atoms with Gasteiger partial charge in [0.05, 0.1) is 17.7 Å². The highest BCUT2D eigenvalue weighted by atomic mass is 19.2. The topological polar surface area (TPSA) is 55.9 Å². The molecule has 0 radical (unpaired) electrons. The first-order valence-electron chi connectivity index (χ1n) is 5.11. The molecule has 90 valence electrons. The van der Waals surface area contributed by atoms with Gasteiger partial charge in [-0.2, -0.15) is 0 Å². The summed E-state index contributed by atoms with van der Waals surface area (Å²) >= 11 is 0. The predicted octanol–water partition coefficient (Wildman–Crippen LogP) is 1.86. The monoisotopic (exact) mass is 238 g/mol. The van der Waals surface area contributed by atoms with E-state index in [9.17, 15) is 8.78 Å². The quantitative estimate of drug-likeness (QED) is 0.799. The van der Waals surface area contributed by atoms with Gasteiger partial charge >= 0.3 is 0 Å². The summed E-state index contributed by atoms with van der Waals surface area (Å²) < 4.78 is 28.2. The highest BCUT2D eigenvalue weighted by Crippen LogP contribution is 2.24. The lowest BCUT2D eigenvalue weighted by Gasteiger charge is -2.11. The van der Waals surface area contributed by atoms with Gasteiger partial charge in [-0.1, -0.05) is 0 Å². The summed E-state index contributed by atoms with van der Waals surface area (Å²) in [4.78, 5) is 3.87. The van der Waals surface area contributed by atoms with E-state index >= 15 is 0 Å². The summed E-state index contributed by atoms with van der Waals surface area (Å²) in [5.74, 6) is -1.86. The number of nitrogens with two attached hydrogens (primary N) is 1. The number of rotatable bonds is 4. The third-order valence-electron chi connectivity index (χ3n) is 2.36. The van der Waals surface area contributed by atoms with Crippen LogP contribution < -0.4 is 11.1 Å². The molecule has 17 heavy (non-hydrogen) atoms. The molecule has 0 amide bonds. The molecule has 0 saturated heterocycles. The highest BCUT2D eigenvalue weighted by Gasteiger charge is 2.10. The molecule has 0 aliphatic heterocycles. The van der Waals surface area contributed by atoms with Crippen LogP contribution in [0.25, 0.3) is 0 Å².